The third-order valence-electron chi connectivity index (χ3n) is 3.54. The van der Waals surface area contributed by atoms with Crippen LogP contribution < -0.4 is 4.74 Å². The van der Waals surface area contributed by atoms with Gasteiger partial charge >= 0.3 is 0 Å². The minimum Gasteiger partial charge on any atom is -0.497 e. The van der Waals surface area contributed by atoms with E-state index >= 15 is 0 Å². The summed E-state index contributed by atoms with van der Waals surface area (Å²) in [4.78, 5) is 11.2. The lowest BCUT2D eigenvalue weighted by atomic mass is 9.95. The van der Waals surface area contributed by atoms with Crippen LogP contribution in [0.5, 0.6) is 5.75 Å². The number of hydrogen-bond acceptors (Lipinski definition) is 2. The molecule has 0 N–H and O–H groups in total. The van der Waals surface area contributed by atoms with Gasteiger partial charge in [0.25, 0.3) is 0 Å². The highest BCUT2D eigenvalue weighted by atomic mass is 16.5. The molecule has 1 fully saturated rings. The molecule has 1 unspecified atom stereocenters. The van der Waals surface area contributed by atoms with Crippen molar-refractivity contribution in [2.75, 3.05) is 7.11 Å². The standard InChI is InChI=1S/C16H20O2/c1-12(17)10-14-4-3-5-15(14)11-13-6-8-16(18-2)9-7-13/h6-9,11,14H,3-5,10H2,1-2H3/b15-11+. The number of carbonyl (C=O) groups is 1. The zero-order valence-electron chi connectivity index (χ0n) is 11.1. The first kappa shape index (κ1) is 12.9. The second kappa shape index (κ2) is 5.85. The van der Waals surface area contributed by atoms with Crippen LogP contribution in [-0.2, 0) is 4.79 Å². The van der Waals surface area contributed by atoms with Crippen LogP contribution in [0.15, 0.2) is 29.8 Å². The number of Topliss-reactive ketones (excluding diaryl/α,β-unsaturated/α-hetero) is 1. The van der Waals surface area contributed by atoms with Gasteiger partial charge in [0.15, 0.2) is 0 Å². The van der Waals surface area contributed by atoms with Crippen molar-refractivity contribution in [2.24, 2.45) is 5.92 Å². The predicted molar refractivity (Wildman–Crippen MR) is 73.6 cm³/mol. The molecule has 0 heterocycles. The number of benzene rings is 1. The molecule has 1 saturated carbocycles. The van der Waals surface area contributed by atoms with E-state index in [1.165, 1.54) is 17.6 Å². The highest BCUT2D eigenvalue weighted by molar-refractivity contribution is 5.76. The number of ether oxygens (including phenoxy) is 1. The van der Waals surface area contributed by atoms with Gasteiger partial charge in [-0.1, -0.05) is 23.8 Å². The van der Waals surface area contributed by atoms with E-state index in [1.807, 2.05) is 12.1 Å². The van der Waals surface area contributed by atoms with E-state index in [1.54, 1.807) is 14.0 Å². The smallest absolute Gasteiger partial charge is 0.130 e. The number of hydrogen-bond donors (Lipinski definition) is 0. The molecule has 0 aliphatic heterocycles. The zero-order valence-corrected chi connectivity index (χ0v) is 11.1. The maximum atomic E-state index is 11.2. The molecule has 0 bridgehead atoms. The SMILES string of the molecule is COc1ccc(/C=C2\CCCC2CC(C)=O)cc1. The third-order valence-corrected chi connectivity index (χ3v) is 3.54. The lowest BCUT2D eigenvalue weighted by Crippen LogP contribution is -2.03. The fraction of sp³-hybridized carbons (Fsp3) is 0.438. The number of allylic oxidation sites excluding steroid dienone is 1. The van der Waals surface area contributed by atoms with Crippen molar-refractivity contribution in [3.8, 4) is 5.75 Å². The summed E-state index contributed by atoms with van der Waals surface area (Å²) >= 11 is 0. The van der Waals surface area contributed by atoms with Crippen LogP contribution in [0, 0.1) is 5.92 Å². The maximum absolute atomic E-state index is 11.2. The predicted octanol–water partition coefficient (Wildman–Crippen LogP) is 3.86. The Morgan fingerprint density at radius 3 is 2.72 bits per heavy atom. The fourth-order valence-corrected chi connectivity index (χ4v) is 2.63. The molecule has 0 spiro atoms. The van der Waals surface area contributed by atoms with Crippen molar-refractivity contribution >= 4 is 11.9 Å². The molecule has 1 aliphatic carbocycles. The Labute approximate surface area is 109 Å². The number of carbonyl (C=O) groups excluding carboxylic acids is 1. The first-order chi connectivity index (χ1) is 8.69. The topological polar surface area (TPSA) is 26.3 Å². The summed E-state index contributed by atoms with van der Waals surface area (Å²) in [5.41, 5.74) is 2.62. The first-order valence-electron chi connectivity index (χ1n) is 6.53. The van der Waals surface area contributed by atoms with Gasteiger partial charge in [-0.3, -0.25) is 0 Å². The Morgan fingerprint density at radius 1 is 1.39 bits per heavy atom. The van der Waals surface area contributed by atoms with E-state index in [0.29, 0.717) is 18.1 Å². The van der Waals surface area contributed by atoms with Crippen LogP contribution in [0.3, 0.4) is 0 Å². The summed E-state index contributed by atoms with van der Waals surface area (Å²) in [6.07, 6.45) is 6.42. The molecule has 0 saturated heterocycles. The average Bonchev–Trinajstić information content (AvgIpc) is 2.77. The first-order valence-corrected chi connectivity index (χ1v) is 6.53. The lowest BCUT2D eigenvalue weighted by molar-refractivity contribution is -0.117. The van der Waals surface area contributed by atoms with E-state index in [2.05, 4.69) is 18.2 Å². The zero-order chi connectivity index (χ0) is 13.0. The van der Waals surface area contributed by atoms with Gasteiger partial charge in [0.2, 0.25) is 0 Å². The van der Waals surface area contributed by atoms with Crippen LogP contribution in [0.1, 0.15) is 38.2 Å². The van der Waals surface area contributed by atoms with Crippen molar-refractivity contribution in [1.82, 2.24) is 0 Å². The molecule has 0 radical (unpaired) electrons. The van der Waals surface area contributed by atoms with E-state index in [-0.39, 0.29) is 0 Å². The lowest BCUT2D eigenvalue weighted by Gasteiger charge is -2.10. The maximum Gasteiger partial charge on any atom is 0.130 e. The summed E-state index contributed by atoms with van der Waals surface area (Å²) in [6, 6.07) is 8.08. The van der Waals surface area contributed by atoms with Crippen molar-refractivity contribution in [3.05, 3.63) is 35.4 Å². The Bertz CT molecular complexity index is 443. The van der Waals surface area contributed by atoms with Crippen LogP contribution >= 0.6 is 0 Å². The minimum atomic E-state index is 0.294. The Morgan fingerprint density at radius 2 is 2.11 bits per heavy atom. The van der Waals surface area contributed by atoms with E-state index in [0.717, 1.165) is 18.6 Å². The molecule has 1 aliphatic rings. The summed E-state index contributed by atoms with van der Waals surface area (Å²) in [5, 5.41) is 0. The Hall–Kier alpha value is -1.57. The van der Waals surface area contributed by atoms with Crippen molar-refractivity contribution in [1.29, 1.82) is 0 Å². The highest BCUT2D eigenvalue weighted by Gasteiger charge is 2.21. The molecular weight excluding hydrogens is 224 g/mol. The molecule has 0 amide bonds. The molecule has 96 valence electrons. The van der Waals surface area contributed by atoms with E-state index in [9.17, 15) is 4.79 Å². The number of rotatable bonds is 4. The van der Waals surface area contributed by atoms with Crippen molar-refractivity contribution < 1.29 is 9.53 Å². The number of ketones is 1. The van der Waals surface area contributed by atoms with Gasteiger partial charge in [-0.25, -0.2) is 0 Å². The van der Waals surface area contributed by atoms with Gasteiger partial charge in [-0.15, -0.1) is 0 Å². The monoisotopic (exact) mass is 244 g/mol. The summed E-state index contributed by atoms with van der Waals surface area (Å²) in [6.45, 7) is 1.68. The van der Waals surface area contributed by atoms with Gasteiger partial charge in [0.05, 0.1) is 7.11 Å². The van der Waals surface area contributed by atoms with E-state index in [4.69, 9.17) is 4.74 Å². The van der Waals surface area contributed by atoms with Gasteiger partial charge < -0.3 is 9.53 Å². The van der Waals surface area contributed by atoms with Crippen molar-refractivity contribution in [3.63, 3.8) is 0 Å². The second-order valence-electron chi connectivity index (χ2n) is 4.99. The molecular formula is C16H20O2. The quantitative estimate of drug-likeness (QED) is 0.804. The highest BCUT2D eigenvalue weighted by Crippen LogP contribution is 2.35. The van der Waals surface area contributed by atoms with Crippen LogP contribution in [-0.4, -0.2) is 12.9 Å². The second-order valence-corrected chi connectivity index (χ2v) is 4.99. The summed E-state index contributed by atoms with van der Waals surface area (Å²) < 4.78 is 5.15. The summed E-state index contributed by atoms with van der Waals surface area (Å²) in [5.74, 6) is 1.64. The molecule has 1 atom stereocenters. The molecule has 18 heavy (non-hydrogen) atoms. The average molecular weight is 244 g/mol. The minimum absolute atomic E-state index is 0.294. The molecule has 1 aromatic rings. The number of methoxy groups -OCH3 is 1. The van der Waals surface area contributed by atoms with Crippen LogP contribution in [0.2, 0.25) is 0 Å². The normalized spacial score (nSPS) is 21.2. The van der Waals surface area contributed by atoms with Crippen LogP contribution in [0.25, 0.3) is 6.08 Å². The summed E-state index contributed by atoms with van der Waals surface area (Å²) in [7, 11) is 1.67. The van der Waals surface area contributed by atoms with Crippen LogP contribution in [0.4, 0.5) is 0 Å². The van der Waals surface area contributed by atoms with Gasteiger partial charge in [0.1, 0.15) is 11.5 Å². The Balaban J connectivity index is 2.12. The molecule has 2 rings (SSSR count). The van der Waals surface area contributed by atoms with Gasteiger partial charge in [-0.05, 0) is 49.8 Å². The van der Waals surface area contributed by atoms with Gasteiger partial charge in [-0.2, -0.15) is 0 Å². The molecule has 1 aromatic carbocycles. The third kappa shape index (κ3) is 3.22. The Kier molecular flexibility index (Phi) is 4.19. The van der Waals surface area contributed by atoms with Crippen molar-refractivity contribution in [2.45, 2.75) is 32.6 Å². The molecule has 2 nitrogen and oxygen atoms in total. The fourth-order valence-electron chi connectivity index (χ4n) is 2.63. The largest absolute Gasteiger partial charge is 0.497 e. The van der Waals surface area contributed by atoms with Gasteiger partial charge in [0, 0.05) is 6.42 Å². The molecule has 2 heteroatoms. The molecule has 0 aromatic heterocycles. The van der Waals surface area contributed by atoms with E-state index < -0.39 is 0 Å².